The van der Waals surface area contributed by atoms with Gasteiger partial charge in [-0.05, 0) is 32.9 Å². The van der Waals surface area contributed by atoms with Crippen molar-refractivity contribution >= 4 is 6.09 Å². The molecular weight excluding hydrogens is 276 g/mol. The van der Waals surface area contributed by atoms with Gasteiger partial charge in [0, 0.05) is 24.1 Å². The second-order valence-electron chi connectivity index (χ2n) is 5.40. The number of ether oxygens (including phenoxy) is 1. The molecule has 0 bridgehead atoms. The molecule has 0 spiro atoms. The fraction of sp³-hybridized carbons (Fsp3) is 0.438. The number of carbonyl (C=O) groups is 1. The SMILES string of the molecule is CC(C)(C)OC(=O)NCCC#Cc1ccc(C(F)F)cc1. The minimum absolute atomic E-state index is 0.0212. The molecule has 0 heterocycles. The molecule has 0 saturated carbocycles. The molecule has 0 aliphatic carbocycles. The Balaban J connectivity index is 2.35. The van der Waals surface area contributed by atoms with E-state index >= 15 is 0 Å². The van der Waals surface area contributed by atoms with E-state index in [4.69, 9.17) is 4.74 Å². The molecule has 0 aliphatic heterocycles. The van der Waals surface area contributed by atoms with Gasteiger partial charge in [0.2, 0.25) is 0 Å². The molecule has 0 unspecified atom stereocenters. The van der Waals surface area contributed by atoms with Gasteiger partial charge in [0.1, 0.15) is 5.60 Å². The normalized spacial score (nSPS) is 10.8. The van der Waals surface area contributed by atoms with Gasteiger partial charge >= 0.3 is 6.09 Å². The zero-order valence-corrected chi connectivity index (χ0v) is 12.4. The molecule has 1 amide bonds. The van der Waals surface area contributed by atoms with Gasteiger partial charge in [-0.15, -0.1) is 0 Å². The number of halogens is 2. The van der Waals surface area contributed by atoms with Crippen LogP contribution in [0.3, 0.4) is 0 Å². The van der Waals surface area contributed by atoms with Crippen LogP contribution in [0.5, 0.6) is 0 Å². The summed E-state index contributed by atoms with van der Waals surface area (Å²) in [4.78, 5) is 11.3. The van der Waals surface area contributed by atoms with Crippen LogP contribution in [-0.4, -0.2) is 18.2 Å². The Hall–Kier alpha value is -2.09. The van der Waals surface area contributed by atoms with Gasteiger partial charge in [0.25, 0.3) is 6.43 Å². The van der Waals surface area contributed by atoms with E-state index in [1.54, 1.807) is 32.9 Å². The highest BCUT2D eigenvalue weighted by atomic mass is 19.3. The molecule has 0 atom stereocenters. The summed E-state index contributed by atoms with van der Waals surface area (Å²) in [6, 6.07) is 5.81. The molecule has 3 nitrogen and oxygen atoms in total. The molecule has 0 aliphatic rings. The lowest BCUT2D eigenvalue weighted by Gasteiger charge is -2.19. The summed E-state index contributed by atoms with van der Waals surface area (Å²) in [5, 5.41) is 2.59. The lowest BCUT2D eigenvalue weighted by molar-refractivity contribution is 0.0529. The zero-order chi connectivity index (χ0) is 15.9. The minimum atomic E-state index is -2.47. The molecule has 1 aromatic carbocycles. The molecule has 0 aromatic heterocycles. The highest BCUT2D eigenvalue weighted by Crippen LogP contribution is 2.18. The van der Waals surface area contributed by atoms with Crippen molar-refractivity contribution in [2.75, 3.05) is 6.54 Å². The summed E-state index contributed by atoms with van der Waals surface area (Å²) in [6.07, 6.45) is -2.49. The van der Waals surface area contributed by atoms with Gasteiger partial charge < -0.3 is 10.1 Å². The first kappa shape index (κ1) is 17.0. The van der Waals surface area contributed by atoms with Crippen LogP contribution in [0.4, 0.5) is 13.6 Å². The Morgan fingerprint density at radius 1 is 1.29 bits per heavy atom. The van der Waals surface area contributed by atoms with Crippen LogP contribution in [-0.2, 0) is 4.74 Å². The number of alkyl halides is 2. The summed E-state index contributed by atoms with van der Waals surface area (Å²) in [7, 11) is 0. The number of nitrogens with one attached hydrogen (secondary N) is 1. The van der Waals surface area contributed by atoms with E-state index in [1.165, 1.54) is 12.1 Å². The monoisotopic (exact) mass is 295 g/mol. The van der Waals surface area contributed by atoms with Gasteiger partial charge in [-0.25, -0.2) is 13.6 Å². The van der Waals surface area contributed by atoms with Crippen LogP contribution in [0.25, 0.3) is 0 Å². The first-order chi connectivity index (χ1) is 9.78. The molecular formula is C16H19F2NO2. The maximum Gasteiger partial charge on any atom is 0.407 e. The van der Waals surface area contributed by atoms with E-state index in [9.17, 15) is 13.6 Å². The summed E-state index contributed by atoms with van der Waals surface area (Å²) in [5.41, 5.74) is 0.117. The fourth-order valence-electron chi connectivity index (χ4n) is 1.42. The van der Waals surface area contributed by atoms with Crippen LogP contribution in [0.1, 0.15) is 44.7 Å². The van der Waals surface area contributed by atoms with Gasteiger partial charge in [-0.3, -0.25) is 0 Å². The van der Waals surface area contributed by atoms with E-state index in [0.717, 1.165) is 0 Å². The van der Waals surface area contributed by atoms with Crippen molar-refractivity contribution in [1.82, 2.24) is 5.32 Å². The quantitative estimate of drug-likeness (QED) is 0.678. The standard InChI is InChI=1S/C16H19F2NO2/c1-16(2,3)21-15(20)19-11-5-4-6-12-7-9-13(10-8-12)14(17)18/h7-10,14H,5,11H2,1-3H3,(H,19,20). The average Bonchev–Trinajstić information content (AvgIpc) is 2.36. The number of carbonyl (C=O) groups excluding carboxylic acids is 1. The minimum Gasteiger partial charge on any atom is -0.444 e. The van der Waals surface area contributed by atoms with E-state index in [1.807, 2.05) is 0 Å². The molecule has 0 saturated heterocycles. The van der Waals surface area contributed by atoms with E-state index < -0.39 is 18.1 Å². The summed E-state index contributed by atoms with van der Waals surface area (Å²) < 4.78 is 29.8. The van der Waals surface area contributed by atoms with E-state index in [2.05, 4.69) is 17.2 Å². The molecule has 1 rings (SSSR count). The lowest BCUT2D eigenvalue weighted by atomic mass is 10.1. The second kappa shape index (κ2) is 7.63. The predicted molar refractivity (Wildman–Crippen MR) is 77.1 cm³/mol. The Morgan fingerprint density at radius 3 is 2.43 bits per heavy atom. The third kappa shape index (κ3) is 7.31. The fourth-order valence-corrected chi connectivity index (χ4v) is 1.42. The first-order valence-corrected chi connectivity index (χ1v) is 6.62. The van der Waals surface area contributed by atoms with Gasteiger partial charge in [-0.1, -0.05) is 24.0 Å². The summed E-state index contributed by atoms with van der Waals surface area (Å²) in [5.74, 6) is 5.71. The number of hydrogen-bond donors (Lipinski definition) is 1. The maximum absolute atomic E-state index is 12.4. The Bertz CT molecular complexity index is 522. The van der Waals surface area contributed by atoms with Crippen molar-refractivity contribution in [2.24, 2.45) is 0 Å². The van der Waals surface area contributed by atoms with Gasteiger partial charge in [0.15, 0.2) is 0 Å². The third-order valence-corrected chi connectivity index (χ3v) is 2.31. The molecule has 5 heteroatoms. The second-order valence-corrected chi connectivity index (χ2v) is 5.40. The lowest BCUT2D eigenvalue weighted by Crippen LogP contribution is -2.32. The number of alkyl carbamates (subject to hydrolysis) is 1. The Morgan fingerprint density at radius 2 is 1.90 bits per heavy atom. The molecule has 21 heavy (non-hydrogen) atoms. The van der Waals surface area contributed by atoms with Crippen LogP contribution in [0, 0.1) is 11.8 Å². The molecule has 0 fully saturated rings. The van der Waals surface area contributed by atoms with Crippen molar-refractivity contribution in [3.05, 3.63) is 35.4 Å². The molecule has 1 N–H and O–H groups in total. The first-order valence-electron chi connectivity index (χ1n) is 6.62. The van der Waals surface area contributed by atoms with Crippen LogP contribution < -0.4 is 5.32 Å². The zero-order valence-electron chi connectivity index (χ0n) is 12.4. The number of benzene rings is 1. The molecule has 114 valence electrons. The molecule has 1 aromatic rings. The summed E-state index contributed by atoms with van der Waals surface area (Å²) >= 11 is 0. The predicted octanol–water partition coefficient (Wildman–Crippen LogP) is 3.89. The van der Waals surface area contributed by atoms with Crippen LogP contribution >= 0.6 is 0 Å². The Kier molecular flexibility index (Phi) is 6.16. The third-order valence-electron chi connectivity index (χ3n) is 2.31. The van der Waals surface area contributed by atoms with Crippen LogP contribution in [0.2, 0.25) is 0 Å². The average molecular weight is 295 g/mol. The van der Waals surface area contributed by atoms with Gasteiger partial charge in [0.05, 0.1) is 0 Å². The highest BCUT2D eigenvalue weighted by molar-refractivity contribution is 5.67. The smallest absolute Gasteiger partial charge is 0.407 e. The van der Waals surface area contributed by atoms with Crippen molar-refractivity contribution in [3.63, 3.8) is 0 Å². The Labute approximate surface area is 123 Å². The number of amides is 1. The van der Waals surface area contributed by atoms with Crippen molar-refractivity contribution in [1.29, 1.82) is 0 Å². The number of hydrogen-bond acceptors (Lipinski definition) is 2. The van der Waals surface area contributed by atoms with E-state index in [0.29, 0.717) is 18.5 Å². The topological polar surface area (TPSA) is 38.3 Å². The van der Waals surface area contributed by atoms with Crippen molar-refractivity contribution < 1.29 is 18.3 Å². The van der Waals surface area contributed by atoms with Gasteiger partial charge in [-0.2, -0.15) is 0 Å². The molecule has 0 radical (unpaired) electrons. The highest BCUT2D eigenvalue weighted by Gasteiger charge is 2.15. The van der Waals surface area contributed by atoms with Crippen molar-refractivity contribution in [3.8, 4) is 11.8 Å². The number of rotatable bonds is 3. The summed E-state index contributed by atoms with van der Waals surface area (Å²) in [6.45, 7) is 5.73. The largest absolute Gasteiger partial charge is 0.444 e. The van der Waals surface area contributed by atoms with E-state index in [-0.39, 0.29) is 5.56 Å². The van der Waals surface area contributed by atoms with Crippen LogP contribution in [0.15, 0.2) is 24.3 Å². The van der Waals surface area contributed by atoms with Crippen molar-refractivity contribution in [2.45, 2.75) is 39.2 Å². The maximum atomic E-state index is 12.4.